The molecule has 0 aliphatic rings. The van der Waals surface area contributed by atoms with Crippen molar-refractivity contribution in [2.24, 2.45) is 14.1 Å². The van der Waals surface area contributed by atoms with E-state index < -0.39 is 0 Å². The van der Waals surface area contributed by atoms with Gasteiger partial charge in [-0.2, -0.15) is 0 Å². The maximum absolute atomic E-state index is 12.3. The molecule has 0 aliphatic heterocycles. The zero-order valence-electron chi connectivity index (χ0n) is 12.5. The highest BCUT2D eigenvalue weighted by molar-refractivity contribution is 5.64. The Labute approximate surface area is 126 Å². The van der Waals surface area contributed by atoms with E-state index >= 15 is 0 Å². The van der Waals surface area contributed by atoms with Gasteiger partial charge >= 0.3 is 11.2 Å². The second-order valence-electron chi connectivity index (χ2n) is 5.14. The third kappa shape index (κ3) is 2.28. The summed E-state index contributed by atoms with van der Waals surface area (Å²) in [5.41, 5.74) is 1.48. The highest BCUT2D eigenvalue weighted by atomic mass is 16.2. The van der Waals surface area contributed by atoms with Gasteiger partial charge in [-0.25, -0.2) is 14.3 Å². The summed E-state index contributed by atoms with van der Waals surface area (Å²) in [5.74, 6) is 0. The van der Waals surface area contributed by atoms with Crippen LogP contribution in [0.5, 0.6) is 0 Å². The van der Waals surface area contributed by atoms with Gasteiger partial charge in [-0.3, -0.25) is 13.9 Å². The first kappa shape index (κ1) is 14.1. The maximum Gasteiger partial charge on any atom is 0.333 e. The lowest BCUT2D eigenvalue weighted by Crippen LogP contribution is -2.43. The van der Waals surface area contributed by atoms with E-state index in [1.54, 1.807) is 17.9 Å². The number of rotatable bonds is 3. The van der Waals surface area contributed by atoms with Crippen LogP contribution in [-0.4, -0.2) is 14.1 Å². The van der Waals surface area contributed by atoms with E-state index in [2.05, 4.69) is 4.98 Å². The first-order valence-corrected chi connectivity index (χ1v) is 6.97. The number of nitrogens with zero attached hydrogens (tertiary/aromatic N) is 3. The number of aromatic nitrogens is 4. The second kappa shape index (κ2) is 5.48. The molecule has 6 heteroatoms. The van der Waals surface area contributed by atoms with E-state index in [1.807, 2.05) is 42.5 Å². The number of allylic oxidation sites excluding steroid dienone is 1. The first-order chi connectivity index (χ1) is 10.6. The largest absolute Gasteiger partial charge is 0.333 e. The first-order valence-electron chi connectivity index (χ1n) is 6.97. The molecule has 1 N–H and O–H groups in total. The van der Waals surface area contributed by atoms with Crippen molar-refractivity contribution < 1.29 is 4.57 Å². The van der Waals surface area contributed by atoms with E-state index in [0.29, 0.717) is 17.7 Å². The highest BCUT2D eigenvalue weighted by Crippen LogP contribution is 2.01. The standard InChI is InChI=1S/C16H16N4O2/c1-18-14-13(15(21)19(2)16(18)22)20(11-17-14)10-6-9-12-7-4-3-5-8-12/h3-9,11H,10H2,1-2H3/p+1. The van der Waals surface area contributed by atoms with Crippen molar-refractivity contribution in [3.8, 4) is 0 Å². The van der Waals surface area contributed by atoms with Crippen molar-refractivity contribution in [2.45, 2.75) is 6.54 Å². The van der Waals surface area contributed by atoms with Crippen molar-refractivity contribution in [1.29, 1.82) is 0 Å². The second-order valence-corrected chi connectivity index (χ2v) is 5.14. The van der Waals surface area contributed by atoms with Crippen molar-refractivity contribution in [2.75, 3.05) is 0 Å². The number of aromatic amines is 1. The topological polar surface area (TPSA) is 63.7 Å². The lowest BCUT2D eigenvalue weighted by Gasteiger charge is -2.00. The van der Waals surface area contributed by atoms with Crippen LogP contribution in [0.1, 0.15) is 5.56 Å². The predicted molar refractivity (Wildman–Crippen MR) is 84.5 cm³/mol. The Balaban J connectivity index is 2.01. The smallest absolute Gasteiger partial charge is 0.264 e. The van der Waals surface area contributed by atoms with E-state index in [9.17, 15) is 9.59 Å². The molecule has 1 aromatic carbocycles. The maximum atomic E-state index is 12.3. The molecule has 0 unspecified atom stereocenters. The fourth-order valence-electron chi connectivity index (χ4n) is 2.46. The van der Waals surface area contributed by atoms with Gasteiger partial charge in [-0.05, 0) is 11.6 Å². The van der Waals surface area contributed by atoms with E-state index in [1.165, 1.54) is 11.6 Å². The van der Waals surface area contributed by atoms with Crippen molar-refractivity contribution >= 4 is 17.2 Å². The molecule has 2 aromatic heterocycles. The summed E-state index contributed by atoms with van der Waals surface area (Å²) in [6.07, 6.45) is 5.69. The molecule has 6 nitrogen and oxygen atoms in total. The van der Waals surface area contributed by atoms with Crippen LogP contribution in [0.3, 0.4) is 0 Å². The van der Waals surface area contributed by atoms with Crippen LogP contribution in [0, 0.1) is 0 Å². The molecule has 0 saturated heterocycles. The summed E-state index contributed by atoms with van der Waals surface area (Å²) in [7, 11) is 3.13. The average molecular weight is 297 g/mol. The van der Waals surface area contributed by atoms with Crippen LogP contribution < -0.4 is 15.8 Å². The average Bonchev–Trinajstić information content (AvgIpc) is 2.96. The summed E-state index contributed by atoms with van der Waals surface area (Å²) < 4.78 is 4.36. The Morgan fingerprint density at radius 2 is 1.86 bits per heavy atom. The molecule has 0 bridgehead atoms. The Hall–Kier alpha value is -2.89. The van der Waals surface area contributed by atoms with Crippen LogP contribution in [0.2, 0.25) is 0 Å². The van der Waals surface area contributed by atoms with Gasteiger partial charge < -0.3 is 0 Å². The molecular formula is C16H17N4O2+. The van der Waals surface area contributed by atoms with Crippen LogP contribution in [0.25, 0.3) is 17.2 Å². The zero-order valence-corrected chi connectivity index (χ0v) is 12.5. The minimum absolute atomic E-state index is 0.299. The summed E-state index contributed by atoms with van der Waals surface area (Å²) in [6, 6.07) is 9.95. The normalized spacial score (nSPS) is 11.5. The van der Waals surface area contributed by atoms with Gasteiger partial charge in [0.2, 0.25) is 6.33 Å². The van der Waals surface area contributed by atoms with Gasteiger partial charge in [0.1, 0.15) is 6.54 Å². The molecule has 0 aliphatic carbocycles. The number of nitrogens with one attached hydrogen (secondary N) is 1. The van der Waals surface area contributed by atoms with E-state index in [-0.39, 0.29) is 11.2 Å². The molecule has 0 amide bonds. The molecule has 2 heterocycles. The van der Waals surface area contributed by atoms with E-state index in [0.717, 1.165) is 10.1 Å². The Kier molecular flexibility index (Phi) is 3.50. The number of H-pyrrole nitrogens is 1. The van der Waals surface area contributed by atoms with Gasteiger partial charge in [0.25, 0.3) is 11.2 Å². The number of aryl methyl sites for hydroxylation is 1. The summed E-state index contributed by atoms with van der Waals surface area (Å²) in [6.45, 7) is 0.544. The fourth-order valence-corrected chi connectivity index (χ4v) is 2.46. The molecule has 3 aromatic rings. The van der Waals surface area contributed by atoms with Gasteiger partial charge in [-0.15, -0.1) is 0 Å². The van der Waals surface area contributed by atoms with Crippen LogP contribution in [0.15, 0.2) is 52.3 Å². The number of hydrogen-bond acceptors (Lipinski definition) is 2. The third-order valence-corrected chi connectivity index (χ3v) is 3.70. The van der Waals surface area contributed by atoms with Crippen molar-refractivity contribution in [3.63, 3.8) is 0 Å². The van der Waals surface area contributed by atoms with Gasteiger partial charge in [0.05, 0.1) is 0 Å². The minimum atomic E-state index is -0.341. The molecule has 0 atom stereocenters. The van der Waals surface area contributed by atoms with Crippen LogP contribution in [-0.2, 0) is 20.6 Å². The molecule has 112 valence electrons. The number of hydrogen-bond donors (Lipinski definition) is 1. The molecule has 0 fully saturated rings. The van der Waals surface area contributed by atoms with Crippen molar-refractivity contribution in [1.82, 2.24) is 14.1 Å². The van der Waals surface area contributed by atoms with Gasteiger partial charge in [0.15, 0.2) is 0 Å². The van der Waals surface area contributed by atoms with E-state index in [4.69, 9.17) is 0 Å². The van der Waals surface area contributed by atoms with Gasteiger partial charge in [-0.1, -0.05) is 36.4 Å². The Bertz CT molecular complexity index is 961. The number of imidazole rings is 1. The number of benzene rings is 1. The Morgan fingerprint density at radius 3 is 2.59 bits per heavy atom. The molecule has 0 spiro atoms. The SMILES string of the molecule is Cn1c(=O)c2c([nH]c[n+]2CC=Cc2ccccc2)n(C)c1=O. The van der Waals surface area contributed by atoms with Gasteiger partial charge in [0, 0.05) is 14.1 Å². The molecule has 22 heavy (non-hydrogen) atoms. The third-order valence-electron chi connectivity index (χ3n) is 3.70. The Morgan fingerprint density at radius 1 is 1.14 bits per heavy atom. The predicted octanol–water partition coefficient (Wildman–Crippen LogP) is 0.566. The van der Waals surface area contributed by atoms with Crippen molar-refractivity contribution in [3.05, 3.63) is 69.1 Å². The molecule has 0 radical (unpaired) electrons. The molecule has 0 saturated carbocycles. The van der Waals surface area contributed by atoms with Crippen LogP contribution >= 0.6 is 0 Å². The lowest BCUT2D eigenvalue weighted by molar-refractivity contribution is -0.661. The van der Waals surface area contributed by atoms with Crippen LogP contribution in [0.4, 0.5) is 0 Å². The monoisotopic (exact) mass is 297 g/mol. The zero-order chi connectivity index (χ0) is 15.7. The summed E-state index contributed by atoms with van der Waals surface area (Å²) in [5, 5.41) is 0. The number of fused-ring (bicyclic) bond motifs is 1. The lowest BCUT2D eigenvalue weighted by atomic mass is 10.2. The quantitative estimate of drug-likeness (QED) is 0.718. The summed E-state index contributed by atoms with van der Waals surface area (Å²) in [4.78, 5) is 27.2. The molecule has 3 rings (SSSR count). The molecular weight excluding hydrogens is 280 g/mol. The highest BCUT2D eigenvalue weighted by Gasteiger charge is 2.18. The summed E-state index contributed by atoms with van der Waals surface area (Å²) >= 11 is 0. The minimum Gasteiger partial charge on any atom is -0.264 e. The fraction of sp³-hybridized carbons (Fsp3) is 0.188.